The molecule has 0 spiro atoms. The summed E-state index contributed by atoms with van der Waals surface area (Å²) in [4.78, 5) is 25.0. The first kappa shape index (κ1) is 22.3. The summed E-state index contributed by atoms with van der Waals surface area (Å²) in [5.41, 5.74) is 0. The summed E-state index contributed by atoms with van der Waals surface area (Å²) in [5, 5.41) is 5.81. The summed E-state index contributed by atoms with van der Waals surface area (Å²) in [6.07, 6.45) is 2.63. The second kappa shape index (κ2) is 9.63. The van der Waals surface area contributed by atoms with Gasteiger partial charge in [0.15, 0.2) is 0 Å². The molecule has 2 N–H and O–H groups in total. The number of piperidine rings is 1. The van der Waals surface area contributed by atoms with E-state index in [0.717, 1.165) is 0 Å². The van der Waals surface area contributed by atoms with Crippen molar-refractivity contribution < 1.29 is 22.4 Å². The molecular formula is C20H24ClN3O5S. The Bertz CT molecular complexity index is 976. The molecule has 10 heteroatoms. The molecule has 2 heterocycles. The molecule has 30 heavy (non-hydrogen) atoms. The number of halogens is 1. The van der Waals surface area contributed by atoms with Crippen LogP contribution in [-0.2, 0) is 26.2 Å². The van der Waals surface area contributed by atoms with E-state index in [1.165, 1.54) is 34.8 Å². The maximum atomic E-state index is 12.9. The van der Waals surface area contributed by atoms with Crippen LogP contribution in [0.3, 0.4) is 0 Å². The van der Waals surface area contributed by atoms with Crippen LogP contribution < -0.4 is 10.6 Å². The zero-order valence-electron chi connectivity index (χ0n) is 16.5. The molecule has 8 nitrogen and oxygen atoms in total. The lowest BCUT2D eigenvalue weighted by Gasteiger charge is -2.31. The first-order valence-corrected chi connectivity index (χ1v) is 11.5. The van der Waals surface area contributed by atoms with Crippen molar-refractivity contribution >= 4 is 33.4 Å². The van der Waals surface area contributed by atoms with E-state index in [9.17, 15) is 18.0 Å². The molecule has 2 amide bonds. The predicted octanol–water partition coefficient (Wildman–Crippen LogP) is 2.15. The van der Waals surface area contributed by atoms with Crippen LogP contribution in [0.4, 0.5) is 0 Å². The van der Waals surface area contributed by atoms with Crippen LogP contribution in [0.2, 0.25) is 5.02 Å². The van der Waals surface area contributed by atoms with Gasteiger partial charge in [-0.25, -0.2) is 8.42 Å². The van der Waals surface area contributed by atoms with E-state index in [-0.39, 0.29) is 29.8 Å². The molecule has 3 rings (SSSR count). The highest BCUT2D eigenvalue weighted by molar-refractivity contribution is 7.89. The number of hydrogen-bond donors (Lipinski definition) is 2. The fourth-order valence-electron chi connectivity index (χ4n) is 3.27. The Morgan fingerprint density at radius 2 is 2.00 bits per heavy atom. The van der Waals surface area contributed by atoms with Crippen molar-refractivity contribution in [2.24, 2.45) is 5.92 Å². The second-order valence-corrected chi connectivity index (χ2v) is 9.56. The van der Waals surface area contributed by atoms with Crippen LogP contribution in [0, 0.1) is 5.92 Å². The third kappa shape index (κ3) is 5.41. The molecule has 0 saturated carbocycles. The van der Waals surface area contributed by atoms with E-state index in [1.54, 1.807) is 19.1 Å². The summed E-state index contributed by atoms with van der Waals surface area (Å²) in [5.74, 6) is -0.605. The van der Waals surface area contributed by atoms with Gasteiger partial charge in [0.1, 0.15) is 11.8 Å². The van der Waals surface area contributed by atoms with Gasteiger partial charge in [0.25, 0.3) is 0 Å². The molecule has 1 aliphatic rings. The van der Waals surface area contributed by atoms with Crippen molar-refractivity contribution in [3.63, 3.8) is 0 Å². The second-order valence-electron chi connectivity index (χ2n) is 7.18. The highest BCUT2D eigenvalue weighted by atomic mass is 35.5. The Hall–Kier alpha value is -2.36. The quantitative estimate of drug-likeness (QED) is 0.667. The van der Waals surface area contributed by atoms with Crippen molar-refractivity contribution in [2.45, 2.75) is 37.2 Å². The molecule has 2 aromatic rings. The summed E-state index contributed by atoms with van der Waals surface area (Å²) in [6.45, 7) is 2.22. The highest BCUT2D eigenvalue weighted by Crippen LogP contribution is 2.25. The van der Waals surface area contributed by atoms with Gasteiger partial charge in [-0.2, -0.15) is 4.31 Å². The SMILES string of the molecule is C[C@H](NC(=O)[C@H]1CCCN(S(=O)(=O)c2ccc(Cl)cc2)C1)C(=O)NCc1ccco1. The zero-order chi connectivity index (χ0) is 21.7. The Morgan fingerprint density at radius 3 is 2.67 bits per heavy atom. The van der Waals surface area contributed by atoms with E-state index in [1.807, 2.05) is 0 Å². The Morgan fingerprint density at radius 1 is 1.27 bits per heavy atom. The van der Waals surface area contributed by atoms with Gasteiger partial charge >= 0.3 is 0 Å². The van der Waals surface area contributed by atoms with Gasteiger partial charge in [-0.15, -0.1) is 0 Å². The van der Waals surface area contributed by atoms with Crippen LogP contribution in [0.5, 0.6) is 0 Å². The molecule has 0 aliphatic carbocycles. The summed E-state index contributed by atoms with van der Waals surface area (Å²) < 4.78 is 32.2. The van der Waals surface area contributed by atoms with Gasteiger partial charge in [-0.1, -0.05) is 11.6 Å². The van der Waals surface area contributed by atoms with Crippen molar-refractivity contribution in [1.29, 1.82) is 0 Å². The number of benzene rings is 1. The molecule has 162 valence electrons. The summed E-state index contributed by atoms with van der Waals surface area (Å²) in [7, 11) is -3.72. The topological polar surface area (TPSA) is 109 Å². The van der Waals surface area contributed by atoms with Crippen molar-refractivity contribution in [3.8, 4) is 0 Å². The average Bonchev–Trinajstić information content (AvgIpc) is 3.26. The fourth-order valence-corrected chi connectivity index (χ4v) is 4.92. The third-order valence-electron chi connectivity index (χ3n) is 4.98. The van der Waals surface area contributed by atoms with Gasteiger partial charge in [-0.3, -0.25) is 9.59 Å². The molecule has 0 bridgehead atoms. The van der Waals surface area contributed by atoms with Crippen LogP contribution in [0.15, 0.2) is 52.0 Å². The summed E-state index contributed by atoms with van der Waals surface area (Å²) in [6, 6.07) is 8.65. The number of furan rings is 1. The first-order valence-electron chi connectivity index (χ1n) is 9.63. The zero-order valence-corrected chi connectivity index (χ0v) is 18.1. The minimum atomic E-state index is -3.72. The molecule has 0 radical (unpaired) electrons. The van der Waals surface area contributed by atoms with Crippen LogP contribution >= 0.6 is 11.6 Å². The van der Waals surface area contributed by atoms with E-state index < -0.39 is 22.0 Å². The largest absolute Gasteiger partial charge is 0.467 e. The number of hydrogen-bond acceptors (Lipinski definition) is 5. The Kier molecular flexibility index (Phi) is 7.17. The molecule has 1 saturated heterocycles. The maximum absolute atomic E-state index is 12.9. The van der Waals surface area contributed by atoms with Crippen LogP contribution in [0.1, 0.15) is 25.5 Å². The molecule has 0 unspecified atom stereocenters. The van der Waals surface area contributed by atoms with E-state index in [0.29, 0.717) is 30.2 Å². The number of nitrogens with zero attached hydrogens (tertiary/aromatic N) is 1. The predicted molar refractivity (Wildman–Crippen MR) is 111 cm³/mol. The maximum Gasteiger partial charge on any atom is 0.243 e. The standard InChI is InChI=1S/C20H24ClN3O5S/c1-14(19(25)22-12-17-5-3-11-29-17)23-20(26)15-4-2-10-24(13-15)30(27,28)18-8-6-16(21)7-9-18/h3,5-9,11,14-15H,2,4,10,12-13H2,1H3,(H,22,25)(H,23,26)/t14-,15-/m0/s1. The Labute approximate surface area is 180 Å². The average molecular weight is 454 g/mol. The number of carbonyl (C=O) groups excluding carboxylic acids is 2. The number of nitrogens with one attached hydrogen (secondary N) is 2. The van der Waals surface area contributed by atoms with Gasteiger partial charge in [0.05, 0.1) is 23.6 Å². The number of carbonyl (C=O) groups is 2. The normalized spacial score (nSPS) is 18.5. The smallest absolute Gasteiger partial charge is 0.243 e. The monoisotopic (exact) mass is 453 g/mol. The van der Waals surface area contributed by atoms with E-state index in [2.05, 4.69) is 10.6 Å². The summed E-state index contributed by atoms with van der Waals surface area (Å²) >= 11 is 5.84. The number of rotatable bonds is 7. The van der Waals surface area contributed by atoms with Gasteiger partial charge in [0.2, 0.25) is 21.8 Å². The van der Waals surface area contributed by atoms with Gasteiger partial charge in [-0.05, 0) is 56.2 Å². The minimum absolute atomic E-state index is 0.0670. The molecular weight excluding hydrogens is 430 g/mol. The van der Waals surface area contributed by atoms with E-state index in [4.69, 9.17) is 16.0 Å². The number of sulfonamides is 1. The van der Waals surface area contributed by atoms with Crippen LogP contribution in [-0.4, -0.2) is 43.7 Å². The molecule has 1 aliphatic heterocycles. The lowest BCUT2D eigenvalue weighted by atomic mass is 9.98. The Balaban J connectivity index is 1.57. The van der Waals surface area contributed by atoms with Crippen molar-refractivity contribution in [3.05, 3.63) is 53.4 Å². The first-order chi connectivity index (χ1) is 14.3. The van der Waals surface area contributed by atoms with Gasteiger partial charge in [0, 0.05) is 18.1 Å². The lowest BCUT2D eigenvalue weighted by Crippen LogP contribution is -2.50. The molecule has 1 fully saturated rings. The van der Waals surface area contributed by atoms with Crippen LogP contribution in [0.25, 0.3) is 0 Å². The highest BCUT2D eigenvalue weighted by Gasteiger charge is 2.34. The molecule has 1 aromatic carbocycles. The van der Waals surface area contributed by atoms with Crippen molar-refractivity contribution in [2.75, 3.05) is 13.1 Å². The fraction of sp³-hybridized carbons (Fsp3) is 0.400. The minimum Gasteiger partial charge on any atom is -0.467 e. The van der Waals surface area contributed by atoms with Gasteiger partial charge < -0.3 is 15.1 Å². The third-order valence-corrected chi connectivity index (χ3v) is 7.11. The lowest BCUT2D eigenvalue weighted by molar-refractivity contribution is -0.131. The molecule has 1 aromatic heterocycles. The van der Waals surface area contributed by atoms with E-state index >= 15 is 0 Å². The van der Waals surface area contributed by atoms with Crippen molar-refractivity contribution in [1.82, 2.24) is 14.9 Å². The number of amides is 2. The molecule has 2 atom stereocenters.